The average Bonchev–Trinajstić information content (AvgIpc) is 2.31. The number of amides is 1. The number of hydrogen-bond acceptors (Lipinski definition) is 3. The van der Waals surface area contributed by atoms with Crippen molar-refractivity contribution in [1.82, 2.24) is 4.90 Å². The van der Waals surface area contributed by atoms with Crippen molar-refractivity contribution in [1.29, 1.82) is 0 Å². The van der Waals surface area contributed by atoms with Crippen LogP contribution in [-0.4, -0.2) is 34.5 Å². The molecular weight excluding hydrogens is 272 g/mol. The molecule has 1 rings (SSSR count). The first kappa shape index (κ1) is 14.7. The summed E-state index contributed by atoms with van der Waals surface area (Å²) < 4.78 is 0. The molecular formula is C12H15ClN2O2S. The van der Waals surface area contributed by atoms with Crippen molar-refractivity contribution in [2.75, 3.05) is 13.6 Å². The summed E-state index contributed by atoms with van der Waals surface area (Å²) in [6, 6.07) is 4.34. The van der Waals surface area contributed by atoms with E-state index < -0.39 is 0 Å². The highest BCUT2D eigenvalue weighted by atomic mass is 35.5. The molecule has 3 N–H and O–H groups in total. The van der Waals surface area contributed by atoms with Crippen molar-refractivity contribution in [3.63, 3.8) is 0 Å². The maximum Gasteiger partial charge on any atom is 0.253 e. The van der Waals surface area contributed by atoms with Gasteiger partial charge in [0.2, 0.25) is 0 Å². The van der Waals surface area contributed by atoms with Gasteiger partial charge in [0.05, 0.1) is 10.0 Å². The van der Waals surface area contributed by atoms with Crippen LogP contribution < -0.4 is 5.73 Å². The van der Waals surface area contributed by atoms with E-state index in [1.54, 1.807) is 7.05 Å². The van der Waals surface area contributed by atoms with Crippen LogP contribution in [0.15, 0.2) is 18.2 Å². The van der Waals surface area contributed by atoms with Gasteiger partial charge in [-0.2, -0.15) is 0 Å². The van der Waals surface area contributed by atoms with Crippen molar-refractivity contribution < 1.29 is 9.90 Å². The second-order valence-electron chi connectivity index (χ2n) is 4.16. The van der Waals surface area contributed by atoms with E-state index in [-0.39, 0.29) is 22.6 Å². The molecule has 0 aliphatic rings. The molecule has 0 heterocycles. The van der Waals surface area contributed by atoms with Gasteiger partial charge in [0.15, 0.2) is 0 Å². The second kappa shape index (κ2) is 6.02. The molecule has 98 valence electrons. The Labute approximate surface area is 116 Å². The molecule has 0 aromatic heterocycles. The van der Waals surface area contributed by atoms with Gasteiger partial charge in [0.25, 0.3) is 5.91 Å². The maximum atomic E-state index is 12.1. The van der Waals surface area contributed by atoms with Gasteiger partial charge in [0.1, 0.15) is 5.75 Å². The first-order chi connectivity index (χ1) is 8.32. The number of rotatable bonds is 4. The zero-order chi connectivity index (χ0) is 13.9. The van der Waals surface area contributed by atoms with E-state index in [1.165, 1.54) is 23.1 Å². The minimum absolute atomic E-state index is 0.0487. The van der Waals surface area contributed by atoms with Crippen molar-refractivity contribution in [2.24, 2.45) is 11.7 Å². The van der Waals surface area contributed by atoms with Crippen molar-refractivity contribution >= 4 is 34.7 Å². The van der Waals surface area contributed by atoms with Gasteiger partial charge in [-0.1, -0.05) is 30.7 Å². The molecule has 0 spiro atoms. The van der Waals surface area contributed by atoms with Gasteiger partial charge >= 0.3 is 0 Å². The molecule has 0 saturated carbocycles. The van der Waals surface area contributed by atoms with Crippen LogP contribution in [0.1, 0.15) is 17.3 Å². The summed E-state index contributed by atoms with van der Waals surface area (Å²) in [7, 11) is 1.66. The number of hydrogen-bond donors (Lipinski definition) is 2. The Morgan fingerprint density at radius 1 is 1.61 bits per heavy atom. The lowest BCUT2D eigenvalue weighted by atomic mass is 10.1. The molecule has 0 fully saturated rings. The van der Waals surface area contributed by atoms with E-state index in [2.05, 4.69) is 0 Å². The first-order valence-corrected chi connectivity index (χ1v) is 6.15. The topological polar surface area (TPSA) is 66.6 Å². The van der Waals surface area contributed by atoms with Crippen LogP contribution in [0.25, 0.3) is 0 Å². The highest BCUT2D eigenvalue weighted by Gasteiger charge is 2.16. The fourth-order valence-corrected chi connectivity index (χ4v) is 1.70. The Hall–Kier alpha value is -1.33. The number of carbonyl (C=O) groups excluding carboxylic acids is 1. The van der Waals surface area contributed by atoms with Crippen molar-refractivity contribution in [2.45, 2.75) is 6.92 Å². The second-order valence-corrected chi connectivity index (χ2v) is 5.03. The van der Waals surface area contributed by atoms with E-state index >= 15 is 0 Å². The van der Waals surface area contributed by atoms with Gasteiger partial charge in [0, 0.05) is 25.1 Å². The van der Waals surface area contributed by atoms with E-state index in [4.69, 9.17) is 29.6 Å². The summed E-state index contributed by atoms with van der Waals surface area (Å²) >= 11 is 10.6. The minimum atomic E-state index is -0.194. The quantitative estimate of drug-likeness (QED) is 0.831. The third-order valence-electron chi connectivity index (χ3n) is 2.57. The van der Waals surface area contributed by atoms with E-state index in [1.807, 2.05) is 6.92 Å². The molecule has 1 aromatic carbocycles. The summed E-state index contributed by atoms with van der Waals surface area (Å²) in [4.78, 5) is 14.0. The number of phenols is 1. The van der Waals surface area contributed by atoms with E-state index in [0.717, 1.165) is 0 Å². The van der Waals surface area contributed by atoms with E-state index in [0.29, 0.717) is 17.1 Å². The van der Waals surface area contributed by atoms with Crippen LogP contribution >= 0.6 is 23.8 Å². The predicted octanol–water partition coefficient (Wildman–Crippen LogP) is 2.04. The molecule has 1 atom stereocenters. The van der Waals surface area contributed by atoms with Gasteiger partial charge < -0.3 is 15.7 Å². The smallest absolute Gasteiger partial charge is 0.253 e. The zero-order valence-electron chi connectivity index (χ0n) is 10.2. The molecule has 18 heavy (non-hydrogen) atoms. The Bertz CT molecular complexity index is 479. The number of thiocarbonyl (C=S) groups is 1. The monoisotopic (exact) mass is 286 g/mol. The minimum Gasteiger partial charge on any atom is -0.506 e. The molecule has 1 amide bonds. The Kier molecular flexibility index (Phi) is 4.93. The molecule has 0 aliphatic carbocycles. The van der Waals surface area contributed by atoms with Crippen LogP contribution in [0.5, 0.6) is 5.75 Å². The Morgan fingerprint density at radius 2 is 2.22 bits per heavy atom. The molecule has 6 heteroatoms. The van der Waals surface area contributed by atoms with Crippen LogP contribution in [0.3, 0.4) is 0 Å². The standard InChI is InChI=1S/C12H15ClN2O2S/c1-7(11(14)18)6-15(2)12(17)8-3-4-10(16)9(13)5-8/h3-5,7,16H,6H2,1-2H3,(H2,14,18). The molecule has 1 aromatic rings. The zero-order valence-corrected chi connectivity index (χ0v) is 11.8. The Balaban J connectivity index is 2.80. The van der Waals surface area contributed by atoms with Gasteiger partial charge in [-0.3, -0.25) is 4.79 Å². The molecule has 4 nitrogen and oxygen atoms in total. The normalized spacial score (nSPS) is 11.9. The summed E-state index contributed by atoms with van der Waals surface area (Å²) in [5, 5.41) is 9.44. The molecule has 0 bridgehead atoms. The molecule has 0 saturated heterocycles. The highest BCUT2D eigenvalue weighted by Crippen LogP contribution is 2.24. The average molecular weight is 287 g/mol. The van der Waals surface area contributed by atoms with Gasteiger partial charge in [-0.15, -0.1) is 0 Å². The maximum absolute atomic E-state index is 12.1. The summed E-state index contributed by atoms with van der Waals surface area (Å²) in [5.74, 6) is -0.297. The molecule has 0 aliphatic heterocycles. The van der Waals surface area contributed by atoms with Crippen LogP contribution in [-0.2, 0) is 0 Å². The lowest BCUT2D eigenvalue weighted by molar-refractivity contribution is 0.0787. The number of benzene rings is 1. The Morgan fingerprint density at radius 3 is 2.72 bits per heavy atom. The van der Waals surface area contributed by atoms with Crippen LogP contribution in [0.2, 0.25) is 5.02 Å². The van der Waals surface area contributed by atoms with Gasteiger partial charge in [-0.05, 0) is 18.2 Å². The predicted molar refractivity (Wildman–Crippen MR) is 76.0 cm³/mol. The third kappa shape index (κ3) is 3.58. The summed E-state index contributed by atoms with van der Waals surface area (Å²) in [6.07, 6.45) is 0. The fraction of sp³-hybridized carbons (Fsp3) is 0.333. The first-order valence-electron chi connectivity index (χ1n) is 5.36. The number of carbonyl (C=O) groups is 1. The molecule has 0 radical (unpaired) electrons. The SMILES string of the molecule is CC(CN(C)C(=O)c1ccc(O)c(Cl)c1)C(N)=S. The largest absolute Gasteiger partial charge is 0.506 e. The number of aromatic hydroxyl groups is 1. The summed E-state index contributed by atoms with van der Waals surface area (Å²) in [6.45, 7) is 2.29. The van der Waals surface area contributed by atoms with Gasteiger partial charge in [-0.25, -0.2) is 0 Å². The lowest BCUT2D eigenvalue weighted by Gasteiger charge is -2.21. The van der Waals surface area contributed by atoms with Crippen LogP contribution in [0.4, 0.5) is 0 Å². The fourth-order valence-electron chi connectivity index (χ4n) is 1.44. The number of phenolic OH excluding ortho intramolecular Hbond substituents is 1. The third-order valence-corrected chi connectivity index (χ3v) is 3.28. The summed E-state index contributed by atoms with van der Waals surface area (Å²) in [5.41, 5.74) is 5.92. The molecule has 1 unspecified atom stereocenters. The lowest BCUT2D eigenvalue weighted by Crippen LogP contribution is -2.35. The number of nitrogens with two attached hydrogens (primary N) is 1. The van der Waals surface area contributed by atoms with E-state index in [9.17, 15) is 9.90 Å². The highest BCUT2D eigenvalue weighted by molar-refractivity contribution is 7.80. The number of halogens is 1. The van der Waals surface area contributed by atoms with Crippen molar-refractivity contribution in [3.05, 3.63) is 28.8 Å². The number of nitrogens with zero attached hydrogens (tertiary/aromatic N) is 1. The van der Waals surface area contributed by atoms with Crippen molar-refractivity contribution in [3.8, 4) is 5.75 Å². The van der Waals surface area contributed by atoms with Crippen LogP contribution in [0, 0.1) is 5.92 Å².